The Morgan fingerprint density at radius 2 is 1.73 bits per heavy atom. The summed E-state index contributed by atoms with van der Waals surface area (Å²) in [7, 11) is 1.67. The van der Waals surface area contributed by atoms with Gasteiger partial charge in [0.1, 0.15) is 11.9 Å². The van der Waals surface area contributed by atoms with Crippen LogP contribution in [-0.4, -0.2) is 41.2 Å². The summed E-state index contributed by atoms with van der Waals surface area (Å²) in [5.74, 6) is 2.50. The van der Waals surface area contributed by atoms with Crippen LogP contribution in [-0.2, 0) is 6.54 Å². The van der Waals surface area contributed by atoms with Crippen LogP contribution in [0.2, 0.25) is 0 Å². The van der Waals surface area contributed by atoms with Crippen LogP contribution < -0.4 is 9.47 Å². The van der Waals surface area contributed by atoms with E-state index in [0.29, 0.717) is 0 Å². The second-order valence-corrected chi connectivity index (χ2v) is 5.41. The predicted octanol–water partition coefficient (Wildman–Crippen LogP) is 2.53. The zero-order valence-electron chi connectivity index (χ0n) is 12.8. The zero-order valence-corrected chi connectivity index (χ0v) is 12.8. The third-order valence-corrected chi connectivity index (χ3v) is 3.88. The molecule has 0 saturated carbocycles. The molecule has 0 unspecified atom stereocenters. The Balaban J connectivity index is 1.51. The predicted molar refractivity (Wildman–Crippen MR) is 84.0 cm³/mol. The highest BCUT2D eigenvalue weighted by molar-refractivity contribution is 5.39. The number of benzene rings is 1. The first-order valence-electron chi connectivity index (χ1n) is 7.63. The van der Waals surface area contributed by atoms with Crippen molar-refractivity contribution in [2.45, 2.75) is 25.5 Å². The number of likely N-dealkylation sites (tertiary alicyclic amines) is 1. The van der Waals surface area contributed by atoms with Crippen molar-refractivity contribution >= 4 is 0 Å². The van der Waals surface area contributed by atoms with Crippen molar-refractivity contribution in [2.75, 3.05) is 20.2 Å². The molecule has 1 fully saturated rings. The fraction of sp³-hybridized carbons (Fsp3) is 0.412. The van der Waals surface area contributed by atoms with Crippen LogP contribution in [0.5, 0.6) is 11.5 Å². The van der Waals surface area contributed by atoms with E-state index in [4.69, 9.17) is 9.47 Å². The lowest BCUT2D eigenvalue weighted by Crippen LogP contribution is -2.38. The lowest BCUT2D eigenvalue weighted by Gasteiger charge is -2.31. The largest absolute Gasteiger partial charge is 0.493 e. The topological polar surface area (TPSA) is 47.5 Å². The van der Waals surface area contributed by atoms with E-state index in [1.54, 1.807) is 19.5 Å². The molecule has 22 heavy (non-hydrogen) atoms. The molecule has 1 aliphatic heterocycles. The normalized spacial score (nSPS) is 16.4. The Hall–Kier alpha value is -2.14. The summed E-state index contributed by atoms with van der Waals surface area (Å²) in [5, 5.41) is 0. The second kappa shape index (κ2) is 7.22. The molecule has 5 nitrogen and oxygen atoms in total. The number of hydrogen-bond donors (Lipinski definition) is 0. The summed E-state index contributed by atoms with van der Waals surface area (Å²) in [6.45, 7) is 2.80. The van der Waals surface area contributed by atoms with E-state index < -0.39 is 0 Å². The Morgan fingerprint density at radius 3 is 2.41 bits per heavy atom. The molecule has 0 radical (unpaired) electrons. The molecule has 1 saturated heterocycles. The molecular weight excluding hydrogens is 278 g/mol. The SMILES string of the molecule is COc1ccccc1OC1CCN(Cc2ncccn2)CC1. The van der Waals surface area contributed by atoms with E-state index in [1.165, 1.54) is 0 Å². The van der Waals surface area contributed by atoms with Crippen LogP contribution in [0.15, 0.2) is 42.7 Å². The molecule has 0 aliphatic carbocycles. The minimum absolute atomic E-state index is 0.240. The smallest absolute Gasteiger partial charge is 0.161 e. The number of para-hydroxylation sites is 2. The third-order valence-electron chi connectivity index (χ3n) is 3.88. The lowest BCUT2D eigenvalue weighted by molar-refractivity contribution is 0.0929. The maximum Gasteiger partial charge on any atom is 0.161 e. The van der Waals surface area contributed by atoms with Crippen molar-refractivity contribution in [1.29, 1.82) is 0 Å². The van der Waals surface area contributed by atoms with E-state index in [9.17, 15) is 0 Å². The molecule has 0 atom stereocenters. The van der Waals surface area contributed by atoms with Crippen molar-refractivity contribution < 1.29 is 9.47 Å². The van der Waals surface area contributed by atoms with Gasteiger partial charge in [-0.15, -0.1) is 0 Å². The molecule has 1 aromatic heterocycles. The van der Waals surface area contributed by atoms with Gasteiger partial charge in [-0.25, -0.2) is 9.97 Å². The molecule has 5 heteroatoms. The van der Waals surface area contributed by atoms with Crippen molar-refractivity contribution in [3.63, 3.8) is 0 Å². The van der Waals surface area contributed by atoms with Crippen molar-refractivity contribution in [2.24, 2.45) is 0 Å². The summed E-state index contributed by atoms with van der Waals surface area (Å²) in [4.78, 5) is 10.9. The molecule has 0 bridgehead atoms. The molecule has 3 rings (SSSR count). The lowest BCUT2D eigenvalue weighted by atomic mass is 10.1. The molecule has 0 N–H and O–H groups in total. The summed E-state index contributed by atoms with van der Waals surface area (Å²) in [5.41, 5.74) is 0. The number of hydrogen-bond acceptors (Lipinski definition) is 5. The first-order valence-corrected chi connectivity index (χ1v) is 7.63. The minimum Gasteiger partial charge on any atom is -0.493 e. The average Bonchev–Trinajstić information content (AvgIpc) is 2.58. The first kappa shape index (κ1) is 14.8. The highest BCUT2D eigenvalue weighted by Gasteiger charge is 2.22. The number of rotatable bonds is 5. The van der Waals surface area contributed by atoms with E-state index in [0.717, 1.165) is 49.8 Å². The summed E-state index contributed by atoms with van der Waals surface area (Å²) in [6, 6.07) is 9.66. The van der Waals surface area contributed by atoms with Crippen molar-refractivity contribution in [3.8, 4) is 11.5 Å². The number of aromatic nitrogens is 2. The molecule has 0 spiro atoms. The second-order valence-electron chi connectivity index (χ2n) is 5.41. The quantitative estimate of drug-likeness (QED) is 0.849. The standard InChI is InChI=1S/C17H21N3O2/c1-21-15-5-2-3-6-16(15)22-14-7-11-20(12-8-14)13-17-18-9-4-10-19-17/h2-6,9-10,14H,7-8,11-13H2,1H3. The first-order chi connectivity index (χ1) is 10.8. The fourth-order valence-corrected chi connectivity index (χ4v) is 2.69. The molecule has 2 aromatic rings. The number of nitrogens with zero attached hydrogens (tertiary/aromatic N) is 3. The van der Waals surface area contributed by atoms with Gasteiger partial charge in [-0.3, -0.25) is 4.90 Å². The van der Waals surface area contributed by atoms with Crippen molar-refractivity contribution in [3.05, 3.63) is 48.5 Å². The monoisotopic (exact) mass is 299 g/mol. The summed E-state index contributed by atoms with van der Waals surface area (Å²) in [6.07, 6.45) is 5.83. The molecule has 0 amide bonds. The van der Waals surface area contributed by atoms with Gasteiger partial charge in [-0.05, 0) is 31.0 Å². The molecular formula is C17H21N3O2. The van der Waals surface area contributed by atoms with Gasteiger partial charge in [0.15, 0.2) is 11.5 Å². The molecule has 1 aromatic carbocycles. The van der Waals surface area contributed by atoms with Gasteiger partial charge < -0.3 is 9.47 Å². The van der Waals surface area contributed by atoms with E-state index in [-0.39, 0.29) is 6.10 Å². The molecule has 2 heterocycles. The van der Waals surface area contributed by atoms with Crippen LogP contribution >= 0.6 is 0 Å². The van der Waals surface area contributed by atoms with E-state index in [1.807, 2.05) is 30.3 Å². The Kier molecular flexibility index (Phi) is 4.85. The van der Waals surface area contributed by atoms with Gasteiger partial charge >= 0.3 is 0 Å². The van der Waals surface area contributed by atoms with E-state index >= 15 is 0 Å². The third kappa shape index (κ3) is 3.74. The number of piperidine rings is 1. The van der Waals surface area contributed by atoms with Gasteiger partial charge in [-0.2, -0.15) is 0 Å². The molecule has 116 valence electrons. The summed E-state index contributed by atoms with van der Waals surface area (Å²) >= 11 is 0. The van der Waals surface area contributed by atoms with Gasteiger partial charge in [0.05, 0.1) is 13.7 Å². The number of ether oxygens (including phenoxy) is 2. The number of methoxy groups -OCH3 is 1. The maximum absolute atomic E-state index is 6.09. The Labute approximate surface area is 130 Å². The minimum atomic E-state index is 0.240. The van der Waals surface area contributed by atoms with Crippen LogP contribution in [0.1, 0.15) is 18.7 Å². The fourth-order valence-electron chi connectivity index (χ4n) is 2.69. The van der Waals surface area contributed by atoms with Crippen LogP contribution in [0, 0.1) is 0 Å². The van der Waals surface area contributed by atoms with Gasteiger partial charge in [0.25, 0.3) is 0 Å². The van der Waals surface area contributed by atoms with Gasteiger partial charge in [-0.1, -0.05) is 12.1 Å². The molecule has 1 aliphatic rings. The van der Waals surface area contributed by atoms with Crippen LogP contribution in [0.4, 0.5) is 0 Å². The maximum atomic E-state index is 6.09. The van der Waals surface area contributed by atoms with Gasteiger partial charge in [0, 0.05) is 25.5 Å². The zero-order chi connectivity index (χ0) is 15.2. The Bertz CT molecular complexity index is 583. The van der Waals surface area contributed by atoms with E-state index in [2.05, 4.69) is 14.9 Å². The van der Waals surface area contributed by atoms with Gasteiger partial charge in [0.2, 0.25) is 0 Å². The highest BCUT2D eigenvalue weighted by atomic mass is 16.5. The average molecular weight is 299 g/mol. The van der Waals surface area contributed by atoms with Crippen molar-refractivity contribution in [1.82, 2.24) is 14.9 Å². The Morgan fingerprint density at radius 1 is 1.05 bits per heavy atom. The van der Waals surface area contributed by atoms with Crippen LogP contribution in [0.3, 0.4) is 0 Å². The summed E-state index contributed by atoms with van der Waals surface area (Å²) < 4.78 is 11.4. The highest BCUT2D eigenvalue weighted by Crippen LogP contribution is 2.29. The van der Waals surface area contributed by atoms with Crippen LogP contribution in [0.25, 0.3) is 0 Å².